The molecule has 1 atom stereocenters. The molecule has 2 N–H and O–H groups in total. The Labute approximate surface area is 81.0 Å². The van der Waals surface area contributed by atoms with Crippen LogP contribution >= 0.6 is 0 Å². The van der Waals surface area contributed by atoms with Gasteiger partial charge in [0, 0.05) is 11.5 Å². The standard InChI is InChI=1S/C12H19N/c1-9-6-5-7-11(8-9)12(3,4)10(2)13/h5-8,10H,13H2,1-4H3. The van der Waals surface area contributed by atoms with Crippen LogP contribution in [0.5, 0.6) is 0 Å². The van der Waals surface area contributed by atoms with E-state index in [-0.39, 0.29) is 11.5 Å². The lowest BCUT2D eigenvalue weighted by atomic mass is 9.78. The average molecular weight is 177 g/mol. The molecule has 1 aromatic carbocycles. The predicted molar refractivity (Wildman–Crippen MR) is 57.9 cm³/mol. The molecule has 0 aromatic heterocycles. The first-order valence-corrected chi connectivity index (χ1v) is 4.77. The molecule has 0 heterocycles. The maximum absolute atomic E-state index is 5.95. The third-order valence-corrected chi connectivity index (χ3v) is 2.90. The van der Waals surface area contributed by atoms with Crippen molar-refractivity contribution < 1.29 is 0 Å². The van der Waals surface area contributed by atoms with Crippen LogP contribution in [0.25, 0.3) is 0 Å². The highest BCUT2D eigenvalue weighted by atomic mass is 14.7. The van der Waals surface area contributed by atoms with Gasteiger partial charge in [-0.1, -0.05) is 43.7 Å². The van der Waals surface area contributed by atoms with Crippen molar-refractivity contribution in [2.45, 2.75) is 39.2 Å². The summed E-state index contributed by atoms with van der Waals surface area (Å²) in [7, 11) is 0. The van der Waals surface area contributed by atoms with Crippen molar-refractivity contribution in [2.75, 3.05) is 0 Å². The van der Waals surface area contributed by atoms with Crippen molar-refractivity contribution in [1.29, 1.82) is 0 Å². The molecule has 0 spiro atoms. The van der Waals surface area contributed by atoms with Gasteiger partial charge in [-0.2, -0.15) is 0 Å². The van der Waals surface area contributed by atoms with E-state index in [1.165, 1.54) is 11.1 Å². The quantitative estimate of drug-likeness (QED) is 0.738. The molecule has 0 aliphatic rings. The summed E-state index contributed by atoms with van der Waals surface area (Å²) in [6.45, 7) is 8.54. The fourth-order valence-electron chi connectivity index (χ4n) is 1.31. The monoisotopic (exact) mass is 177 g/mol. The van der Waals surface area contributed by atoms with Gasteiger partial charge in [0.1, 0.15) is 0 Å². The van der Waals surface area contributed by atoms with E-state index in [0.717, 1.165) is 0 Å². The van der Waals surface area contributed by atoms with E-state index in [1.807, 2.05) is 0 Å². The SMILES string of the molecule is Cc1cccc(C(C)(C)C(C)N)c1. The van der Waals surface area contributed by atoms with Gasteiger partial charge in [0.2, 0.25) is 0 Å². The van der Waals surface area contributed by atoms with Crippen LogP contribution in [0.3, 0.4) is 0 Å². The van der Waals surface area contributed by atoms with Crippen LogP contribution in [-0.4, -0.2) is 6.04 Å². The van der Waals surface area contributed by atoms with E-state index in [1.54, 1.807) is 0 Å². The van der Waals surface area contributed by atoms with Gasteiger partial charge < -0.3 is 5.73 Å². The number of nitrogens with two attached hydrogens (primary N) is 1. The highest BCUT2D eigenvalue weighted by molar-refractivity contribution is 5.29. The molecule has 0 saturated carbocycles. The van der Waals surface area contributed by atoms with Crippen LogP contribution in [0, 0.1) is 6.92 Å². The molecule has 0 aliphatic carbocycles. The molecule has 13 heavy (non-hydrogen) atoms. The topological polar surface area (TPSA) is 26.0 Å². The van der Waals surface area contributed by atoms with E-state index >= 15 is 0 Å². The number of benzene rings is 1. The molecule has 72 valence electrons. The van der Waals surface area contributed by atoms with Crippen LogP contribution < -0.4 is 5.73 Å². The zero-order chi connectivity index (χ0) is 10.1. The zero-order valence-electron chi connectivity index (χ0n) is 8.96. The minimum absolute atomic E-state index is 0.0615. The maximum atomic E-state index is 5.95. The fraction of sp³-hybridized carbons (Fsp3) is 0.500. The Balaban J connectivity index is 3.07. The van der Waals surface area contributed by atoms with Gasteiger partial charge in [-0.05, 0) is 19.4 Å². The molecule has 0 fully saturated rings. The Bertz CT molecular complexity index is 287. The highest BCUT2D eigenvalue weighted by Crippen LogP contribution is 2.26. The number of hydrogen-bond donors (Lipinski definition) is 1. The predicted octanol–water partition coefficient (Wildman–Crippen LogP) is 2.62. The second-order valence-electron chi connectivity index (χ2n) is 4.38. The summed E-state index contributed by atoms with van der Waals surface area (Å²) in [6, 6.07) is 8.74. The van der Waals surface area contributed by atoms with E-state index in [4.69, 9.17) is 5.73 Å². The minimum Gasteiger partial charge on any atom is -0.327 e. The van der Waals surface area contributed by atoms with Crippen molar-refractivity contribution >= 4 is 0 Å². The van der Waals surface area contributed by atoms with Crippen molar-refractivity contribution in [2.24, 2.45) is 5.73 Å². The van der Waals surface area contributed by atoms with Crippen LogP contribution in [-0.2, 0) is 5.41 Å². The van der Waals surface area contributed by atoms with Crippen molar-refractivity contribution in [3.05, 3.63) is 35.4 Å². The molecule has 1 heteroatoms. The smallest absolute Gasteiger partial charge is 0.0102 e. The average Bonchev–Trinajstić information content (AvgIpc) is 2.04. The summed E-state index contributed by atoms with van der Waals surface area (Å²) in [6.07, 6.45) is 0. The summed E-state index contributed by atoms with van der Waals surface area (Å²) in [5.41, 5.74) is 8.63. The van der Waals surface area contributed by atoms with Crippen LogP contribution in [0.2, 0.25) is 0 Å². The normalized spacial score (nSPS) is 14.2. The molecule has 1 aromatic rings. The first kappa shape index (κ1) is 10.3. The van der Waals surface area contributed by atoms with Crippen LogP contribution in [0.15, 0.2) is 24.3 Å². The Hall–Kier alpha value is -0.820. The summed E-state index contributed by atoms with van der Waals surface area (Å²) < 4.78 is 0. The first-order chi connectivity index (χ1) is 5.94. The van der Waals surface area contributed by atoms with Gasteiger partial charge in [0.05, 0.1) is 0 Å². The number of rotatable bonds is 2. The molecule has 0 radical (unpaired) electrons. The van der Waals surface area contributed by atoms with Gasteiger partial charge >= 0.3 is 0 Å². The molecule has 1 nitrogen and oxygen atoms in total. The Kier molecular flexibility index (Phi) is 2.77. The van der Waals surface area contributed by atoms with E-state index in [2.05, 4.69) is 52.0 Å². The Morgan fingerprint density at radius 3 is 2.38 bits per heavy atom. The number of hydrogen-bond acceptors (Lipinski definition) is 1. The lowest BCUT2D eigenvalue weighted by Crippen LogP contribution is -2.38. The molecule has 0 bridgehead atoms. The summed E-state index contributed by atoms with van der Waals surface area (Å²) >= 11 is 0. The van der Waals surface area contributed by atoms with Crippen LogP contribution in [0.1, 0.15) is 31.9 Å². The Morgan fingerprint density at radius 2 is 1.92 bits per heavy atom. The largest absolute Gasteiger partial charge is 0.327 e. The van der Waals surface area contributed by atoms with Gasteiger partial charge in [-0.3, -0.25) is 0 Å². The highest BCUT2D eigenvalue weighted by Gasteiger charge is 2.24. The van der Waals surface area contributed by atoms with E-state index < -0.39 is 0 Å². The third-order valence-electron chi connectivity index (χ3n) is 2.90. The molecule has 0 aliphatic heterocycles. The molecule has 0 amide bonds. The van der Waals surface area contributed by atoms with Crippen LogP contribution in [0.4, 0.5) is 0 Å². The first-order valence-electron chi connectivity index (χ1n) is 4.77. The number of aryl methyl sites for hydroxylation is 1. The molecular weight excluding hydrogens is 158 g/mol. The fourth-order valence-corrected chi connectivity index (χ4v) is 1.31. The van der Waals surface area contributed by atoms with E-state index in [9.17, 15) is 0 Å². The summed E-state index contributed by atoms with van der Waals surface area (Å²) in [5, 5.41) is 0. The molecule has 0 saturated heterocycles. The molecular formula is C12H19N. The van der Waals surface area contributed by atoms with E-state index in [0.29, 0.717) is 0 Å². The lowest BCUT2D eigenvalue weighted by molar-refractivity contribution is 0.434. The minimum atomic E-state index is 0.0615. The molecule has 1 rings (SSSR count). The van der Waals surface area contributed by atoms with Crippen molar-refractivity contribution in [1.82, 2.24) is 0 Å². The maximum Gasteiger partial charge on any atom is 0.0102 e. The summed E-state index contributed by atoms with van der Waals surface area (Å²) in [4.78, 5) is 0. The van der Waals surface area contributed by atoms with Gasteiger partial charge in [0.15, 0.2) is 0 Å². The Morgan fingerprint density at radius 1 is 1.31 bits per heavy atom. The van der Waals surface area contributed by atoms with Gasteiger partial charge in [0.25, 0.3) is 0 Å². The summed E-state index contributed by atoms with van der Waals surface area (Å²) in [5.74, 6) is 0. The van der Waals surface area contributed by atoms with Gasteiger partial charge in [-0.15, -0.1) is 0 Å². The van der Waals surface area contributed by atoms with Crippen molar-refractivity contribution in [3.63, 3.8) is 0 Å². The third kappa shape index (κ3) is 2.10. The second-order valence-corrected chi connectivity index (χ2v) is 4.38. The molecule has 1 unspecified atom stereocenters. The second kappa shape index (κ2) is 3.51. The van der Waals surface area contributed by atoms with Crippen molar-refractivity contribution in [3.8, 4) is 0 Å². The lowest BCUT2D eigenvalue weighted by Gasteiger charge is -2.29. The van der Waals surface area contributed by atoms with Gasteiger partial charge in [-0.25, -0.2) is 0 Å². The zero-order valence-corrected chi connectivity index (χ0v) is 8.96.